The highest BCUT2D eigenvalue weighted by atomic mass is 35.5. The lowest BCUT2D eigenvalue weighted by molar-refractivity contribution is -0.138. The van der Waals surface area contributed by atoms with E-state index in [1.54, 1.807) is 25.1 Å². The molecule has 1 fully saturated rings. The molecule has 0 aromatic heterocycles. The standard InChI is InChI=1S/C16H22Cl2N2O4/c1-19(10-16(21)22)8-12-9-20(3-4-24-12)7-11-5-14(18)15(23-2)6-13(11)17/h5-6,12H,3-4,7-10H2,1-2H3,(H,21,22). The Balaban J connectivity index is 1.95. The molecule has 134 valence electrons. The first kappa shape index (κ1) is 19.3. The van der Waals surface area contributed by atoms with Gasteiger partial charge in [0.2, 0.25) is 0 Å². The smallest absolute Gasteiger partial charge is 0.317 e. The number of halogens is 2. The van der Waals surface area contributed by atoms with E-state index in [1.165, 1.54) is 0 Å². The van der Waals surface area contributed by atoms with Gasteiger partial charge < -0.3 is 14.6 Å². The Kier molecular flexibility index (Phi) is 7.13. The Morgan fingerprint density at radius 3 is 2.88 bits per heavy atom. The average molecular weight is 377 g/mol. The van der Waals surface area contributed by atoms with Gasteiger partial charge in [0, 0.05) is 37.3 Å². The van der Waals surface area contributed by atoms with Gasteiger partial charge in [-0.3, -0.25) is 14.6 Å². The third-order valence-electron chi connectivity index (χ3n) is 3.86. The summed E-state index contributed by atoms with van der Waals surface area (Å²) < 4.78 is 10.9. The largest absolute Gasteiger partial charge is 0.495 e. The second kappa shape index (κ2) is 8.87. The number of aliphatic carboxylic acids is 1. The van der Waals surface area contributed by atoms with Gasteiger partial charge in [-0.15, -0.1) is 0 Å². The summed E-state index contributed by atoms with van der Waals surface area (Å²) >= 11 is 12.5. The van der Waals surface area contributed by atoms with Gasteiger partial charge in [-0.05, 0) is 18.7 Å². The minimum atomic E-state index is -0.843. The maximum atomic E-state index is 10.7. The Morgan fingerprint density at radius 1 is 1.46 bits per heavy atom. The van der Waals surface area contributed by atoms with Gasteiger partial charge >= 0.3 is 5.97 Å². The molecule has 1 saturated heterocycles. The molecule has 0 aliphatic carbocycles. The highest BCUT2D eigenvalue weighted by Crippen LogP contribution is 2.31. The monoisotopic (exact) mass is 376 g/mol. The van der Waals surface area contributed by atoms with E-state index in [0.717, 1.165) is 12.1 Å². The van der Waals surface area contributed by atoms with Crippen molar-refractivity contribution in [3.05, 3.63) is 27.7 Å². The van der Waals surface area contributed by atoms with E-state index in [-0.39, 0.29) is 12.6 Å². The topological polar surface area (TPSA) is 62.2 Å². The Morgan fingerprint density at radius 2 is 2.21 bits per heavy atom. The van der Waals surface area contributed by atoms with Crippen LogP contribution in [0.15, 0.2) is 12.1 Å². The molecular formula is C16H22Cl2N2O4. The molecule has 2 rings (SSSR count). The van der Waals surface area contributed by atoms with E-state index in [4.69, 9.17) is 37.8 Å². The van der Waals surface area contributed by atoms with Crippen LogP contribution in [-0.4, -0.2) is 73.9 Å². The normalized spacial score (nSPS) is 18.8. The van der Waals surface area contributed by atoms with Gasteiger partial charge in [-0.2, -0.15) is 0 Å². The highest BCUT2D eigenvalue weighted by Gasteiger charge is 2.23. The molecule has 24 heavy (non-hydrogen) atoms. The highest BCUT2D eigenvalue weighted by molar-refractivity contribution is 6.34. The predicted molar refractivity (Wildman–Crippen MR) is 93.2 cm³/mol. The fraction of sp³-hybridized carbons (Fsp3) is 0.562. The van der Waals surface area contributed by atoms with Crippen molar-refractivity contribution in [2.45, 2.75) is 12.6 Å². The van der Waals surface area contributed by atoms with E-state index < -0.39 is 5.97 Å². The first-order valence-electron chi connectivity index (χ1n) is 7.65. The van der Waals surface area contributed by atoms with Crippen molar-refractivity contribution < 1.29 is 19.4 Å². The molecule has 8 heteroatoms. The predicted octanol–water partition coefficient (Wildman–Crippen LogP) is 2.22. The van der Waals surface area contributed by atoms with Crippen molar-refractivity contribution >= 4 is 29.2 Å². The number of carboxylic acid groups (broad SMARTS) is 1. The Hall–Kier alpha value is -1.05. The first-order chi connectivity index (χ1) is 11.4. The lowest BCUT2D eigenvalue weighted by Crippen LogP contribution is -2.47. The fourth-order valence-corrected chi connectivity index (χ4v) is 3.24. The summed E-state index contributed by atoms with van der Waals surface area (Å²) in [6.45, 7) is 3.33. The van der Waals surface area contributed by atoms with Crippen LogP contribution in [0.3, 0.4) is 0 Å². The number of rotatable bonds is 7. The van der Waals surface area contributed by atoms with Gasteiger partial charge in [0.05, 0.1) is 31.4 Å². The summed E-state index contributed by atoms with van der Waals surface area (Å²) in [6.07, 6.45) is -0.0319. The van der Waals surface area contributed by atoms with Gasteiger partial charge in [0.25, 0.3) is 0 Å². The average Bonchev–Trinajstić information content (AvgIpc) is 2.50. The van der Waals surface area contributed by atoms with Crippen molar-refractivity contribution in [3.8, 4) is 5.75 Å². The molecule has 1 heterocycles. The molecule has 0 bridgehead atoms. The Bertz CT molecular complexity index is 585. The van der Waals surface area contributed by atoms with Gasteiger partial charge in [0.1, 0.15) is 5.75 Å². The minimum absolute atomic E-state index is 0.000222. The maximum Gasteiger partial charge on any atom is 0.317 e. The third-order valence-corrected chi connectivity index (χ3v) is 4.51. The molecule has 1 aliphatic heterocycles. The SMILES string of the molecule is COc1cc(Cl)c(CN2CCOC(CN(C)CC(=O)O)C2)cc1Cl. The molecule has 1 unspecified atom stereocenters. The van der Waals surface area contributed by atoms with Gasteiger partial charge in [0.15, 0.2) is 0 Å². The van der Waals surface area contributed by atoms with Crippen molar-refractivity contribution in [2.75, 3.05) is 46.9 Å². The second-order valence-electron chi connectivity index (χ2n) is 5.90. The molecule has 0 amide bonds. The Labute approximate surface area is 151 Å². The van der Waals surface area contributed by atoms with Crippen LogP contribution in [0.1, 0.15) is 5.56 Å². The number of benzene rings is 1. The number of nitrogens with zero attached hydrogens (tertiary/aromatic N) is 2. The number of methoxy groups -OCH3 is 1. The van der Waals surface area contributed by atoms with Gasteiger partial charge in [-0.1, -0.05) is 23.2 Å². The van der Waals surface area contributed by atoms with Crippen LogP contribution >= 0.6 is 23.2 Å². The van der Waals surface area contributed by atoms with Crippen LogP contribution in [0.25, 0.3) is 0 Å². The fourth-order valence-electron chi connectivity index (χ4n) is 2.77. The summed E-state index contributed by atoms with van der Waals surface area (Å²) in [5.41, 5.74) is 0.932. The van der Waals surface area contributed by atoms with Crippen molar-refractivity contribution in [2.24, 2.45) is 0 Å². The van der Waals surface area contributed by atoms with E-state index in [2.05, 4.69) is 4.90 Å². The van der Waals surface area contributed by atoms with Crippen LogP contribution in [0.4, 0.5) is 0 Å². The molecule has 0 saturated carbocycles. The van der Waals surface area contributed by atoms with E-state index in [1.807, 2.05) is 6.07 Å². The number of carbonyl (C=O) groups is 1. The molecule has 1 N–H and O–H groups in total. The number of morpholine rings is 1. The van der Waals surface area contributed by atoms with E-state index in [0.29, 0.717) is 42.0 Å². The van der Waals surface area contributed by atoms with Crippen LogP contribution in [-0.2, 0) is 16.1 Å². The zero-order valence-electron chi connectivity index (χ0n) is 13.8. The van der Waals surface area contributed by atoms with Crippen LogP contribution in [0, 0.1) is 0 Å². The van der Waals surface area contributed by atoms with Crippen LogP contribution < -0.4 is 4.74 Å². The van der Waals surface area contributed by atoms with Crippen molar-refractivity contribution in [1.82, 2.24) is 9.80 Å². The summed E-state index contributed by atoms with van der Waals surface area (Å²) in [6, 6.07) is 3.54. The molecule has 1 atom stereocenters. The lowest BCUT2D eigenvalue weighted by Gasteiger charge is -2.34. The zero-order chi connectivity index (χ0) is 17.7. The molecule has 0 spiro atoms. The molecule has 6 nitrogen and oxygen atoms in total. The molecular weight excluding hydrogens is 355 g/mol. The first-order valence-corrected chi connectivity index (χ1v) is 8.41. The number of hydrogen-bond donors (Lipinski definition) is 1. The molecule has 0 radical (unpaired) electrons. The van der Waals surface area contributed by atoms with E-state index in [9.17, 15) is 4.79 Å². The summed E-state index contributed by atoms with van der Waals surface area (Å²) in [4.78, 5) is 14.7. The van der Waals surface area contributed by atoms with E-state index >= 15 is 0 Å². The molecule has 1 aliphatic rings. The molecule has 1 aromatic carbocycles. The minimum Gasteiger partial charge on any atom is -0.495 e. The quantitative estimate of drug-likeness (QED) is 0.786. The number of ether oxygens (including phenoxy) is 2. The van der Waals surface area contributed by atoms with Crippen molar-refractivity contribution in [1.29, 1.82) is 0 Å². The number of hydrogen-bond acceptors (Lipinski definition) is 5. The lowest BCUT2D eigenvalue weighted by atomic mass is 10.1. The van der Waals surface area contributed by atoms with Crippen molar-refractivity contribution in [3.63, 3.8) is 0 Å². The maximum absolute atomic E-state index is 10.7. The summed E-state index contributed by atoms with van der Waals surface area (Å²) in [5.74, 6) is -0.287. The van der Waals surface area contributed by atoms with Gasteiger partial charge in [-0.25, -0.2) is 0 Å². The van der Waals surface area contributed by atoms with Crippen LogP contribution in [0.5, 0.6) is 5.75 Å². The van der Waals surface area contributed by atoms with Crippen LogP contribution in [0.2, 0.25) is 10.0 Å². The molecule has 1 aromatic rings. The number of carboxylic acids is 1. The third kappa shape index (κ3) is 5.50. The summed E-state index contributed by atoms with van der Waals surface area (Å²) in [5, 5.41) is 9.97. The zero-order valence-corrected chi connectivity index (χ0v) is 15.3. The summed E-state index contributed by atoms with van der Waals surface area (Å²) in [7, 11) is 3.33. The number of likely N-dealkylation sites (N-methyl/N-ethyl adjacent to an activating group) is 1. The second-order valence-corrected chi connectivity index (χ2v) is 6.71.